The van der Waals surface area contributed by atoms with Gasteiger partial charge in [0.15, 0.2) is 0 Å². The third-order valence-electron chi connectivity index (χ3n) is 3.72. The standard InChI is InChI=1S/C17H20N2O3S/c1-13-15(11-17(20)19-7-9-21-10-8-19)23-16(18-13)12-22-14-5-3-2-4-6-14/h2-6H,7-12H2,1H3. The number of thiazole rings is 1. The van der Waals surface area contributed by atoms with E-state index < -0.39 is 0 Å². The number of nitrogens with zero attached hydrogens (tertiary/aromatic N) is 2. The lowest BCUT2D eigenvalue weighted by atomic mass is 10.2. The lowest BCUT2D eigenvalue weighted by Gasteiger charge is -2.26. The highest BCUT2D eigenvalue weighted by atomic mass is 32.1. The van der Waals surface area contributed by atoms with Crippen molar-refractivity contribution in [2.45, 2.75) is 20.0 Å². The van der Waals surface area contributed by atoms with Crippen molar-refractivity contribution in [1.82, 2.24) is 9.88 Å². The minimum atomic E-state index is 0.149. The first kappa shape index (κ1) is 16.0. The predicted molar refractivity (Wildman–Crippen MR) is 88.7 cm³/mol. The summed E-state index contributed by atoms with van der Waals surface area (Å²) < 4.78 is 11.0. The van der Waals surface area contributed by atoms with Gasteiger partial charge in [-0.3, -0.25) is 4.79 Å². The molecule has 1 aliphatic rings. The van der Waals surface area contributed by atoms with E-state index in [1.807, 2.05) is 42.2 Å². The van der Waals surface area contributed by atoms with E-state index in [0.717, 1.165) is 21.3 Å². The van der Waals surface area contributed by atoms with Gasteiger partial charge in [0.05, 0.1) is 25.3 Å². The van der Waals surface area contributed by atoms with Crippen LogP contribution in [0.5, 0.6) is 5.75 Å². The molecule has 2 aromatic rings. The van der Waals surface area contributed by atoms with Crippen LogP contribution >= 0.6 is 11.3 Å². The zero-order chi connectivity index (χ0) is 16.1. The minimum Gasteiger partial charge on any atom is -0.486 e. The van der Waals surface area contributed by atoms with Gasteiger partial charge in [-0.15, -0.1) is 11.3 Å². The van der Waals surface area contributed by atoms with Crippen molar-refractivity contribution >= 4 is 17.2 Å². The van der Waals surface area contributed by atoms with Crippen molar-refractivity contribution in [2.24, 2.45) is 0 Å². The Morgan fingerprint density at radius 3 is 2.78 bits per heavy atom. The van der Waals surface area contributed by atoms with Crippen molar-refractivity contribution < 1.29 is 14.3 Å². The molecule has 0 radical (unpaired) electrons. The molecule has 0 atom stereocenters. The van der Waals surface area contributed by atoms with E-state index in [1.165, 1.54) is 0 Å². The Labute approximate surface area is 139 Å². The second kappa shape index (κ2) is 7.57. The molecule has 1 amide bonds. The summed E-state index contributed by atoms with van der Waals surface area (Å²) in [6.07, 6.45) is 0.412. The molecule has 6 heteroatoms. The summed E-state index contributed by atoms with van der Waals surface area (Å²) in [4.78, 5) is 19.7. The molecule has 0 saturated carbocycles. The van der Waals surface area contributed by atoms with Crippen LogP contribution in [0.3, 0.4) is 0 Å². The number of hydrogen-bond donors (Lipinski definition) is 0. The highest BCUT2D eigenvalue weighted by Crippen LogP contribution is 2.21. The van der Waals surface area contributed by atoms with Gasteiger partial charge in [-0.2, -0.15) is 0 Å². The Hall–Kier alpha value is -1.92. The first-order valence-corrected chi connectivity index (χ1v) is 8.52. The second-order valence-corrected chi connectivity index (χ2v) is 6.56. The summed E-state index contributed by atoms with van der Waals surface area (Å²) in [5, 5.41) is 0.899. The molecule has 122 valence electrons. The first-order valence-electron chi connectivity index (χ1n) is 7.71. The molecule has 0 N–H and O–H groups in total. The van der Waals surface area contributed by atoms with Crippen LogP contribution in [-0.2, 0) is 22.6 Å². The van der Waals surface area contributed by atoms with Crippen LogP contribution in [0.15, 0.2) is 30.3 Å². The number of aromatic nitrogens is 1. The lowest BCUT2D eigenvalue weighted by molar-refractivity contribution is -0.134. The van der Waals surface area contributed by atoms with Gasteiger partial charge in [0.25, 0.3) is 0 Å². The number of rotatable bonds is 5. The van der Waals surface area contributed by atoms with Gasteiger partial charge in [-0.1, -0.05) is 18.2 Å². The summed E-state index contributed by atoms with van der Waals surface area (Å²) >= 11 is 1.56. The van der Waals surface area contributed by atoms with E-state index in [1.54, 1.807) is 11.3 Å². The fraction of sp³-hybridized carbons (Fsp3) is 0.412. The first-order chi connectivity index (χ1) is 11.2. The van der Waals surface area contributed by atoms with E-state index in [2.05, 4.69) is 4.98 Å². The quantitative estimate of drug-likeness (QED) is 0.844. The number of carbonyl (C=O) groups excluding carboxylic acids is 1. The molecule has 1 aromatic heterocycles. The zero-order valence-corrected chi connectivity index (χ0v) is 14.0. The van der Waals surface area contributed by atoms with Crippen molar-refractivity contribution in [2.75, 3.05) is 26.3 Å². The van der Waals surface area contributed by atoms with Crippen LogP contribution in [0.2, 0.25) is 0 Å². The number of para-hydroxylation sites is 1. The molecule has 2 heterocycles. The maximum atomic E-state index is 12.3. The summed E-state index contributed by atoms with van der Waals surface area (Å²) in [6.45, 7) is 5.00. The Bertz CT molecular complexity index is 651. The monoisotopic (exact) mass is 332 g/mol. The Morgan fingerprint density at radius 2 is 2.04 bits per heavy atom. The maximum absolute atomic E-state index is 12.3. The number of carbonyl (C=O) groups is 1. The van der Waals surface area contributed by atoms with E-state index in [9.17, 15) is 4.79 Å². The number of hydrogen-bond acceptors (Lipinski definition) is 5. The second-order valence-electron chi connectivity index (χ2n) is 5.39. The van der Waals surface area contributed by atoms with Crippen LogP contribution in [0.25, 0.3) is 0 Å². The third-order valence-corrected chi connectivity index (χ3v) is 4.85. The molecule has 1 fully saturated rings. The van der Waals surface area contributed by atoms with Crippen LogP contribution in [-0.4, -0.2) is 42.1 Å². The van der Waals surface area contributed by atoms with Gasteiger partial charge >= 0.3 is 0 Å². The average Bonchev–Trinajstić information content (AvgIpc) is 2.94. The van der Waals surface area contributed by atoms with Gasteiger partial charge in [-0.25, -0.2) is 4.98 Å². The molecule has 23 heavy (non-hydrogen) atoms. The molecule has 0 spiro atoms. The number of morpholine rings is 1. The highest BCUT2D eigenvalue weighted by Gasteiger charge is 2.19. The van der Waals surface area contributed by atoms with Crippen LogP contribution < -0.4 is 4.74 Å². The van der Waals surface area contributed by atoms with Crippen molar-refractivity contribution in [1.29, 1.82) is 0 Å². The fourth-order valence-electron chi connectivity index (χ4n) is 2.44. The lowest BCUT2D eigenvalue weighted by Crippen LogP contribution is -2.41. The highest BCUT2D eigenvalue weighted by molar-refractivity contribution is 7.11. The van der Waals surface area contributed by atoms with Crippen molar-refractivity contribution in [3.63, 3.8) is 0 Å². The molecule has 1 saturated heterocycles. The van der Waals surface area contributed by atoms with Crippen LogP contribution in [0, 0.1) is 6.92 Å². The zero-order valence-electron chi connectivity index (χ0n) is 13.2. The molecule has 1 aliphatic heterocycles. The molecule has 5 nitrogen and oxygen atoms in total. The molecular formula is C17H20N2O3S. The van der Waals surface area contributed by atoms with Crippen LogP contribution in [0.4, 0.5) is 0 Å². The normalized spacial score (nSPS) is 14.7. The maximum Gasteiger partial charge on any atom is 0.228 e. The molecule has 0 unspecified atom stereocenters. The third kappa shape index (κ3) is 4.30. The smallest absolute Gasteiger partial charge is 0.228 e. The van der Waals surface area contributed by atoms with Gasteiger partial charge in [0.2, 0.25) is 5.91 Å². The minimum absolute atomic E-state index is 0.149. The number of benzene rings is 1. The molecular weight excluding hydrogens is 312 g/mol. The molecule has 0 bridgehead atoms. The predicted octanol–water partition coefficient (Wildman–Crippen LogP) is 2.43. The van der Waals surface area contributed by atoms with Gasteiger partial charge in [-0.05, 0) is 19.1 Å². The van der Waals surface area contributed by atoms with E-state index >= 15 is 0 Å². The Morgan fingerprint density at radius 1 is 1.30 bits per heavy atom. The SMILES string of the molecule is Cc1nc(COc2ccccc2)sc1CC(=O)N1CCOCC1. The Kier molecular flexibility index (Phi) is 5.25. The van der Waals surface area contributed by atoms with E-state index in [0.29, 0.717) is 39.3 Å². The molecule has 0 aliphatic carbocycles. The van der Waals surface area contributed by atoms with E-state index in [-0.39, 0.29) is 5.91 Å². The largest absolute Gasteiger partial charge is 0.486 e. The fourth-order valence-corrected chi connectivity index (χ4v) is 3.41. The topological polar surface area (TPSA) is 51.7 Å². The summed E-state index contributed by atoms with van der Waals surface area (Å²) in [6, 6.07) is 9.67. The van der Waals surface area contributed by atoms with Crippen molar-refractivity contribution in [3.8, 4) is 5.75 Å². The molecule has 3 rings (SSSR count). The molecule has 1 aromatic carbocycles. The Balaban J connectivity index is 1.58. The van der Waals surface area contributed by atoms with Gasteiger partial charge < -0.3 is 14.4 Å². The number of aryl methyl sites for hydroxylation is 1. The summed E-state index contributed by atoms with van der Waals surface area (Å²) in [5.74, 6) is 0.974. The summed E-state index contributed by atoms with van der Waals surface area (Å²) in [7, 11) is 0. The number of amides is 1. The van der Waals surface area contributed by atoms with Gasteiger partial charge in [0.1, 0.15) is 17.4 Å². The number of ether oxygens (including phenoxy) is 2. The van der Waals surface area contributed by atoms with Crippen LogP contribution in [0.1, 0.15) is 15.6 Å². The van der Waals surface area contributed by atoms with Crippen molar-refractivity contribution in [3.05, 3.63) is 45.9 Å². The average molecular weight is 332 g/mol. The van der Waals surface area contributed by atoms with Gasteiger partial charge in [0, 0.05) is 18.0 Å². The van der Waals surface area contributed by atoms with E-state index in [4.69, 9.17) is 9.47 Å². The summed E-state index contributed by atoms with van der Waals surface area (Å²) in [5.41, 5.74) is 0.920.